The predicted octanol–water partition coefficient (Wildman–Crippen LogP) is 2.57. The van der Waals surface area contributed by atoms with Crippen LogP contribution < -0.4 is 15.4 Å². The Kier molecular flexibility index (Phi) is 6.87. The van der Waals surface area contributed by atoms with Crippen molar-refractivity contribution in [3.63, 3.8) is 0 Å². The van der Waals surface area contributed by atoms with Crippen molar-refractivity contribution >= 4 is 17.5 Å². The second-order valence-electron chi connectivity index (χ2n) is 8.30. The van der Waals surface area contributed by atoms with Crippen LogP contribution in [0.2, 0.25) is 0 Å². The SMILES string of the molecule is CN[C@H]1C(=O)N[C@H](C)C(=O)N(C)[C@H](C)Cc2ccc(c([N+](=O)[O-])c2)Oc2cc1cc(C)c2O. The molecule has 2 aromatic carbocycles. The topological polar surface area (TPSA) is 134 Å². The Morgan fingerprint density at radius 2 is 1.91 bits per heavy atom. The van der Waals surface area contributed by atoms with E-state index in [1.807, 2.05) is 6.92 Å². The predicted molar refractivity (Wildman–Crippen MR) is 121 cm³/mol. The first kappa shape index (κ1) is 24.0. The molecule has 0 radical (unpaired) electrons. The summed E-state index contributed by atoms with van der Waals surface area (Å²) in [6, 6.07) is 5.71. The monoisotopic (exact) mass is 456 g/mol. The summed E-state index contributed by atoms with van der Waals surface area (Å²) >= 11 is 0. The van der Waals surface area contributed by atoms with Crippen molar-refractivity contribution in [2.45, 2.75) is 45.3 Å². The lowest BCUT2D eigenvalue weighted by Gasteiger charge is -2.29. The maximum absolute atomic E-state index is 13.0. The minimum Gasteiger partial charge on any atom is -0.504 e. The molecule has 4 rings (SSSR count). The number of phenols is 1. The molecule has 2 amide bonds. The van der Waals surface area contributed by atoms with Crippen LogP contribution in [-0.2, 0) is 16.0 Å². The highest BCUT2D eigenvalue weighted by atomic mass is 16.6. The maximum atomic E-state index is 13.0. The van der Waals surface area contributed by atoms with Gasteiger partial charge in [-0.05, 0) is 63.1 Å². The van der Waals surface area contributed by atoms with E-state index in [2.05, 4.69) is 10.6 Å². The van der Waals surface area contributed by atoms with E-state index in [-0.39, 0.29) is 34.9 Å². The molecule has 33 heavy (non-hydrogen) atoms. The average Bonchev–Trinajstić information content (AvgIpc) is 2.76. The van der Waals surface area contributed by atoms with Crippen LogP contribution in [0.1, 0.15) is 36.6 Å². The summed E-state index contributed by atoms with van der Waals surface area (Å²) in [5, 5.41) is 27.9. The number of aromatic hydroxyl groups is 1. The van der Waals surface area contributed by atoms with Gasteiger partial charge < -0.3 is 25.4 Å². The number of hydrogen-bond donors (Lipinski definition) is 3. The number of carbonyl (C=O) groups excluding carboxylic acids is 2. The molecule has 2 aliphatic heterocycles. The summed E-state index contributed by atoms with van der Waals surface area (Å²) < 4.78 is 5.78. The van der Waals surface area contributed by atoms with Gasteiger partial charge in [-0.15, -0.1) is 0 Å². The number of benzene rings is 2. The Morgan fingerprint density at radius 1 is 1.21 bits per heavy atom. The smallest absolute Gasteiger partial charge is 0.311 e. The third-order valence-corrected chi connectivity index (χ3v) is 5.88. The quantitative estimate of drug-likeness (QED) is 0.467. The summed E-state index contributed by atoms with van der Waals surface area (Å²) in [5.41, 5.74) is 1.27. The third-order valence-electron chi connectivity index (χ3n) is 5.88. The van der Waals surface area contributed by atoms with Crippen LogP contribution in [0.4, 0.5) is 5.69 Å². The zero-order chi connectivity index (χ0) is 24.4. The minimum atomic E-state index is -0.852. The fourth-order valence-electron chi connectivity index (χ4n) is 3.86. The van der Waals surface area contributed by atoms with Gasteiger partial charge in [0.25, 0.3) is 0 Å². The molecule has 3 N–H and O–H groups in total. The van der Waals surface area contributed by atoms with Gasteiger partial charge in [0.2, 0.25) is 17.6 Å². The summed E-state index contributed by atoms with van der Waals surface area (Å²) in [7, 11) is 3.23. The van der Waals surface area contributed by atoms with Crippen molar-refractivity contribution in [1.82, 2.24) is 15.5 Å². The molecule has 0 spiro atoms. The van der Waals surface area contributed by atoms with Gasteiger partial charge in [-0.1, -0.05) is 12.1 Å². The van der Waals surface area contributed by atoms with Crippen molar-refractivity contribution in [2.75, 3.05) is 14.1 Å². The Balaban J connectivity index is 2.19. The number of amides is 2. The van der Waals surface area contributed by atoms with Gasteiger partial charge >= 0.3 is 5.69 Å². The molecule has 4 bridgehead atoms. The van der Waals surface area contributed by atoms with E-state index in [4.69, 9.17) is 4.74 Å². The van der Waals surface area contributed by atoms with Gasteiger partial charge in [0.05, 0.1) is 4.92 Å². The number of nitro benzene ring substituents is 1. The Labute approximate surface area is 191 Å². The second kappa shape index (κ2) is 9.45. The van der Waals surface area contributed by atoms with Gasteiger partial charge in [0.15, 0.2) is 11.5 Å². The van der Waals surface area contributed by atoms with E-state index in [1.54, 1.807) is 40.1 Å². The first-order valence-corrected chi connectivity index (χ1v) is 10.6. The van der Waals surface area contributed by atoms with Crippen molar-refractivity contribution in [3.8, 4) is 17.2 Å². The van der Waals surface area contributed by atoms with Crippen molar-refractivity contribution in [3.05, 3.63) is 57.1 Å². The van der Waals surface area contributed by atoms with Crippen LogP contribution in [-0.4, -0.2) is 52.9 Å². The molecule has 10 nitrogen and oxygen atoms in total. The number of nitrogens with one attached hydrogen (secondary N) is 2. The molecule has 0 aromatic heterocycles. The second-order valence-corrected chi connectivity index (χ2v) is 8.30. The normalized spacial score (nSPS) is 21.5. The number of phenolic OH excluding ortho intramolecular Hbond substituents is 1. The van der Waals surface area contributed by atoms with Crippen molar-refractivity contribution in [2.24, 2.45) is 0 Å². The molecule has 0 aliphatic carbocycles. The lowest BCUT2D eigenvalue weighted by atomic mass is 10.0. The number of ether oxygens (including phenoxy) is 1. The molecule has 2 aromatic rings. The molecule has 176 valence electrons. The minimum absolute atomic E-state index is 0.0155. The molecule has 0 unspecified atom stereocenters. The van der Waals surface area contributed by atoms with Crippen LogP contribution in [0.3, 0.4) is 0 Å². The average molecular weight is 456 g/mol. The Hall–Kier alpha value is -3.66. The van der Waals surface area contributed by atoms with E-state index in [9.17, 15) is 24.8 Å². The highest BCUT2D eigenvalue weighted by molar-refractivity contribution is 5.90. The number of fused-ring (bicyclic) bond motifs is 9. The van der Waals surface area contributed by atoms with E-state index < -0.39 is 22.9 Å². The standard InChI is InChI=1S/C23H28N4O6/c1-12-8-16-11-19(21(12)28)33-18-7-6-15(10-17(18)27(31)32)9-13(2)26(5)23(30)14(3)25-22(29)20(16)24-4/h6-8,10-11,13-14,20,24,28H,9H2,1-5H3,(H,25,29)/t13-,14-,20-/m1/s1. The fourth-order valence-corrected chi connectivity index (χ4v) is 3.86. The van der Waals surface area contributed by atoms with Crippen molar-refractivity contribution in [1.29, 1.82) is 0 Å². The van der Waals surface area contributed by atoms with E-state index in [0.717, 1.165) is 0 Å². The molecule has 2 aliphatic rings. The van der Waals surface area contributed by atoms with E-state index in [0.29, 0.717) is 23.1 Å². The van der Waals surface area contributed by atoms with Gasteiger partial charge in [-0.3, -0.25) is 19.7 Å². The number of aryl methyl sites for hydroxylation is 1. The fraction of sp³-hybridized carbons (Fsp3) is 0.391. The number of nitro groups is 1. The summed E-state index contributed by atoms with van der Waals surface area (Å²) in [6.45, 7) is 5.07. The summed E-state index contributed by atoms with van der Waals surface area (Å²) in [4.78, 5) is 38.6. The number of nitrogens with zero attached hydrogens (tertiary/aromatic N) is 2. The summed E-state index contributed by atoms with van der Waals surface area (Å²) in [5.74, 6) is -0.962. The van der Waals surface area contributed by atoms with Gasteiger partial charge in [-0.25, -0.2) is 0 Å². The molecular formula is C23H28N4O6. The molecule has 0 saturated carbocycles. The van der Waals surface area contributed by atoms with Gasteiger partial charge in [-0.2, -0.15) is 0 Å². The number of hydrogen-bond acceptors (Lipinski definition) is 7. The molecule has 2 heterocycles. The molecule has 10 heteroatoms. The van der Waals surface area contributed by atoms with Gasteiger partial charge in [0, 0.05) is 19.2 Å². The number of carbonyl (C=O) groups is 2. The lowest BCUT2D eigenvalue weighted by molar-refractivity contribution is -0.385. The lowest BCUT2D eigenvalue weighted by Crippen LogP contribution is -2.50. The number of likely N-dealkylation sites (N-methyl/N-ethyl adjacent to an activating group) is 2. The molecular weight excluding hydrogens is 428 g/mol. The molecule has 0 saturated heterocycles. The highest BCUT2D eigenvalue weighted by Gasteiger charge is 2.29. The number of rotatable bonds is 2. The van der Waals surface area contributed by atoms with Crippen LogP contribution in [0.5, 0.6) is 17.2 Å². The zero-order valence-corrected chi connectivity index (χ0v) is 19.2. The van der Waals surface area contributed by atoms with E-state index >= 15 is 0 Å². The highest BCUT2D eigenvalue weighted by Crippen LogP contribution is 2.40. The first-order valence-electron chi connectivity index (χ1n) is 10.6. The van der Waals surface area contributed by atoms with Crippen LogP contribution in [0.25, 0.3) is 0 Å². The Bertz CT molecular complexity index is 1100. The molecule has 3 atom stereocenters. The van der Waals surface area contributed by atoms with Gasteiger partial charge in [0.1, 0.15) is 12.1 Å². The van der Waals surface area contributed by atoms with Crippen LogP contribution >= 0.6 is 0 Å². The Morgan fingerprint density at radius 3 is 2.55 bits per heavy atom. The van der Waals surface area contributed by atoms with Crippen LogP contribution in [0.15, 0.2) is 30.3 Å². The largest absolute Gasteiger partial charge is 0.504 e. The zero-order valence-electron chi connectivity index (χ0n) is 19.2. The van der Waals surface area contributed by atoms with Crippen molar-refractivity contribution < 1.29 is 24.4 Å². The third kappa shape index (κ3) is 4.90. The van der Waals surface area contributed by atoms with E-state index in [1.165, 1.54) is 23.1 Å². The molecule has 0 fully saturated rings. The first-order chi connectivity index (χ1) is 15.5. The van der Waals surface area contributed by atoms with Crippen LogP contribution in [0, 0.1) is 17.0 Å². The summed E-state index contributed by atoms with van der Waals surface area (Å²) in [6.07, 6.45) is 0.364. The maximum Gasteiger partial charge on any atom is 0.311 e.